The van der Waals surface area contributed by atoms with E-state index in [0.717, 1.165) is 50.7 Å². The van der Waals surface area contributed by atoms with E-state index in [-0.39, 0.29) is 6.09 Å². The summed E-state index contributed by atoms with van der Waals surface area (Å²) in [6.45, 7) is 9.07. The van der Waals surface area contributed by atoms with Crippen LogP contribution in [0.1, 0.15) is 63.5 Å². The maximum Gasteiger partial charge on any atom is 0.410 e. The summed E-state index contributed by atoms with van der Waals surface area (Å²) in [5.74, 6) is 2.34. The van der Waals surface area contributed by atoms with Crippen LogP contribution >= 0.6 is 0 Å². The maximum absolute atomic E-state index is 12.1. The molecular weight excluding hydrogens is 340 g/mol. The lowest BCUT2D eigenvalue weighted by atomic mass is 9.97. The second-order valence-electron chi connectivity index (χ2n) is 8.89. The Morgan fingerprint density at radius 1 is 1.19 bits per heavy atom. The monoisotopic (exact) mass is 374 g/mol. The van der Waals surface area contributed by atoms with E-state index in [0.29, 0.717) is 5.92 Å². The summed E-state index contributed by atoms with van der Waals surface area (Å²) in [6.07, 6.45) is 4.47. The summed E-state index contributed by atoms with van der Waals surface area (Å²) in [7, 11) is 1.75. The third-order valence-corrected chi connectivity index (χ3v) is 5.37. The molecule has 5 nitrogen and oxygen atoms in total. The van der Waals surface area contributed by atoms with Crippen molar-refractivity contribution < 1.29 is 14.3 Å². The fraction of sp³-hybridized carbons (Fsp3) is 0.682. The molecule has 1 aliphatic heterocycles. The highest BCUT2D eigenvalue weighted by molar-refractivity contribution is 5.68. The Balaban J connectivity index is 1.41. The van der Waals surface area contributed by atoms with Crippen molar-refractivity contribution in [1.82, 2.24) is 10.2 Å². The third kappa shape index (κ3) is 5.86. The van der Waals surface area contributed by atoms with Crippen LogP contribution in [0, 0.1) is 5.92 Å². The van der Waals surface area contributed by atoms with E-state index >= 15 is 0 Å². The van der Waals surface area contributed by atoms with Crippen LogP contribution in [0.2, 0.25) is 0 Å². The van der Waals surface area contributed by atoms with Crippen molar-refractivity contribution >= 4 is 6.09 Å². The van der Waals surface area contributed by atoms with Crippen LogP contribution in [0.25, 0.3) is 0 Å². The van der Waals surface area contributed by atoms with Gasteiger partial charge < -0.3 is 19.7 Å². The summed E-state index contributed by atoms with van der Waals surface area (Å²) < 4.78 is 11.1. The van der Waals surface area contributed by atoms with Crippen molar-refractivity contribution in [3.8, 4) is 5.75 Å². The quantitative estimate of drug-likeness (QED) is 0.806. The number of amides is 1. The van der Waals surface area contributed by atoms with Crippen molar-refractivity contribution in [3.05, 3.63) is 29.3 Å². The Bertz CT molecular complexity index is 641. The van der Waals surface area contributed by atoms with Gasteiger partial charge in [0.2, 0.25) is 0 Å². The van der Waals surface area contributed by atoms with Gasteiger partial charge in [0, 0.05) is 25.2 Å². The number of methoxy groups -OCH3 is 1. The normalized spacial score (nSPS) is 18.4. The van der Waals surface area contributed by atoms with E-state index in [2.05, 4.69) is 23.5 Å². The van der Waals surface area contributed by atoms with E-state index in [4.69, 9.17) is 9.47 Å². The Kier molecular flexibility index (Phi) is 6.30. The lowest BCUT2D eigenvalue weighted by Crippen LogP contribution is -2.43. The molecule has 1 aromatic rings. The van der Waals surface area contributed by atoms with E-state index in [9.17, 15) is 4.79 Å². The largest absolute Gasteiger partial charge is 0.496 e. The first kappa shape index (κ1) is 20.0. The number of carbonyl (C=O) groups is 1. The van der Waals surface area contributed by atoms with Crippen molar-refractivity contribution in [2.45, 2.75) is 64.5 Å². The number of carbonyl (C=O) groups excluding carboxylic acids is 1. The summed E-state index contributed by atoms with van der Waals surface area (Å²) in [6, 6.07) is 6.65. The molecule has 0 unspecified atom stereocenters. The highest BCUT2D eigenvalue weighted by atomic mass is 16.6. The predicted octanol–water partition coefficient (Wildman–Crippen LogP) is 4.31. The van der Waals surface area contributed by atoms with Crippen molar-refractivity contribution in [1.29, 1.82) is 0 Å². The van der Waals surface area contributed by atoms with Crippen LogP contribution in [0.4, 0.5) is 4.79 Å². The van der Waals surface area contributed by atoms with Crippen LogP contribution < -0.4 is 10.1 Å². The van der Waals surface area contributed by atoms with Crippen molar-refractivity contribution in [3.63, 3.8) is 0 Å². The fourth-order valence-electron chi connectivity index (χ4n) is 3.63. The number of hydrogen-bond acceptors (Lipinski definition) is 4. The Morgan fingerprint density at radius 3 is 2.48 bits per heavy atom. The molecule has 1 aromatic carbocycles. The molecule has 5 heteroatoms. The molecule has 1 heterocycles. The van der Waals surface area contributed by atoms with Crippen molar-refractivity contribution in [2.75, 3.05) is 26.7 Å². The summed E-state index contributed by atoms with van der Waals surface area (Å²) >= 11 is 0. The summed E-state index contributed by atoms with van der Waals surface area (Å²) in [5.41, 5.74) is 2.20. The molecule has 1 saturated heterocycles. The first-order valence-electron chi connectivity index (χ1n) is 10.2. The number of nitrogens with one attached hydrogen (secondary N) is 1. The van der Waals surface area contributed by atoms with E-state index in [1.54, 1.807) is 7.11 Å². The smallest absolute Gasteiger partial charge is 0.410 e. The molecule has 1 N–H and O–H groups in total. The van der Waals surface area contributed by atoms with Gasteiger partial charge in [0.05, 0.1) is 7.11 Å². The molecular formula is C22H34N2O3. The van der Waals surface area contributed by atoms with E-state index in [1.165, 1.54) is 24.0 Å². The van der Waals surface area contributed by atoms with Gasteiger partial charge in [-0.15, -0.1) is 0 Å². The fourth-order valence-corrected chi connectivity index (χ4v) is 3.63. The number of likely N-dealkylation sites (tertiary alicyclic amines) is 1. The molecule has 0 aromatic heterocycles. The molecule has 2 aliphatic rings. The molecule has 27 heavy (non-hydrogen) atoms. The summed E-state index contributed by atoms with van der Waals surface area (Å²) in [4.78, 5) is 14.0. The van der Waals surface area contributed by atoms with Gasteiger partial charge in [0.1, 0.15) is 11.4 Å². The maximum atomic E-state index is 12.1. The van der Waals surface area contributed by atoms with Gasteiger partial charge in [-0.25, -0.2) is 4.79 Å². The average Bonchev–Trinajstić information content (AvgIpc) is 3.46. The van der Waals surface area contributed by atoms with Gasteiger partial charge in [-0.1, -0.05) is 12.1 Å². The number of ether oxygens (including phenoxy) is 2. The molecule has 2 fully saturated rings. The van der Waals surface area contributed by atoms with Crippen LogP contribution in [-0.4, -0.2) is 43.3 Å². The zero-order chi connectivity index (χ0) is 19.4. The third-order valence-electron chi connectivity index (χ3n) is 5.37. The van der Waals surface area contributed by atoms with Crippen LogP contribution in [0.15, 0.2) is 18.2 Å². The first-order chi connectivity index (χ1) is 12.9. The summed E-state index contributed by atoms with van der Waals surface area (Å²) in [5, 5.41) is 3.58. The molecule has 0 radical (unpaired) electrons. The average molecular weight is 375 g/mol. The predicted molar refractivity (Wildman–Crippen MR) is 107 cm³/mol. The Hall–Kier alpha value is -1.75. The Morgan fingerprint density at radius 2 is 1.89 bits per heavy atom. The topological polar surface area (TPSA) is 50.8 Å². The van der Waals surface area contributed by atoms with Crippen molar-refractivity contribution in [2.24, 2.45) is 5.92 Å². The molecule has 3 rings (SSSR count). The van der Waals surface area contributed by atoms with Gasteiger partial charge in [-0.3, -0.25) is 0 Å². The second-order valence-corrected chi connectivity index (χ2v) is 8.89. The lowest BCUT2D eigenvalue weighted by Gasteiger charge is -2.33. The molecule has 0 spiro atoms. The standard InChI is InChI=1S/C22H34N2O3/c1-22(2,3)27-21(25)24-11-9-16(10-12-24)14-23-15-19-8-7-18(17-5-6-17)13-20(19)26-4/h7-8,13,16-17,23H,5-6,9-12,14-15H2,1-4H3. The minimum absolute atomic E-state index is 0.186. The molecule has 1 saturated carbocycles. The SMILES string of the molecule is COc1cc(C2CC2)ccc1CNCC1CCN(C(=O)OC(C)(C)C)CC1. The first-order valence-corrected chi connectivity index (χ1v) is 10.2. The van der Waals surface area contributed by atoms with E-state index in [1.807, 2.05) is 25.7 Å². The molecule has 1 amide bonds. The highest BCUT2D eigenvalue weighted by Gasteiger charge is 2.27. The van der Waals surface area contributed by atoms with Gasteiger partial charge in [-0.2, -0.15) is 0 Å². The van der Waals surface area contributed by atoms with Gasteiger partial charge in [-0.05, 0) is 76.5 Å². The molecule has 150 valence electrons. The van der Waals surface area contributed by atoms with Gasteiger partial charge >= 0.3 is 6.09 Å². The Labute approximate surface area is 163 Å². The minimum Gasteiger partial charge on any atom is -0.496 e. The van der Waals surface area contributed by atoms with Crippen LogP contribution in [-0.2, 0) is 11.3 Å². The number of piperidine rings is 1. The molecule has 0 bridgehead atoms. The highest BCUT2D eigenvalue weighted by Crippen LogP contribution is 2.41. The van der Waals surface area contributed by atoms with Crippen LogP contribution in [0.5, 0.6) is 5.75 Å². The number of benzene rings is 1. The minimum atomic E-state index is -0.427. The number of nitrogens with zero attached hydrogens (tertiary/aromatic N) is 1. The van der Waals surface area contributed by atoms with Gasteiger partial charge in [0.25, 0.3) is 0 Å². The zero-order valence-electron chi connectivity index (χ0n) is 17.2. The number of hydrogen-bond donors (Lipinski definition) is 1. The van der Waals surface area contributed by atoms with Crippen LogP contribution in [0.3, 0.4) is 0 Å². The zero-order valence-corrected chi connectivity index (χ0v) is 17.2. The van der Waals surface area contributed by atoms with E-state index < -0.39 is 5.60 Å². The number of rotatable bonds is 6. The molecule has 1 aliphatic carbocycles. The second kappa shape index (κ2) is 8.51. The molecule has 0 atom stereocenters. The lowest BCUT2D eigenvalue weighted by molar-refractivity contribution is 0.0184. The van der Waals surface area contributed by atoms with Gasteiger partial charge in [0.15, 0.2) is 0 Å².